The molecular weight excluding hydrogens is 875 g/mol. The molecule has 0 radical (unpaired) electrons. The molecule has 404 valence electrons. The molecule has 0 spiro atoms. The lowest BCUT2D eigenvalue weighted by molar-refractivity contribution is -0.870. The van der Waals surface area contributed by atoms with Gasteiger partial charge in [-0.25, -0.2) is 4.79 Å². The molecule has 2 unspecified atom stereocenters. The summed E-state index contributed by atoms with van der Waals surface area (Å²) in [6.45, 7) is 4.75. The minimum Gasteiger partial charge on any atom is -0.477 e. The summed E-state index contributed by atoms with van der Waals surface area (Å²) in [5.74, 6) is -2.00. The number of unbranched alkanes of at least 4 members (excludes halogenated alkanes) is 25. The summed E-state index contributed by atoms with van der Waals surface area (Å²) in [7, 11) is 5.96. The van der Waals surface area contributed by atoms with E-state index < -0.39 is 24.3 Å². The van der Waals surface area contributed by atoms with E-state index in [1.807, 2.05) is 21.1 Å². The van der Waals surface area contributed by atoms with Gasteiger partial charge in [-0.2, -0.15) is 0 Å². The van der Waals surface area contributed by atoms with E-state index in [2.05, 4.69) is 86.8 Å². The number of carbonyl (C=O) groups is 3. The number of likely N-dealkylation sites (N-methyl/N-ethyl adjacent to an activating group) is 1. The van der Waals surface area contributed by atoms with E-state index in [0.29, 0.717) is 17.4 Å². The number of quaternary nitrogens is 1. The maximum atomic E-state index is 12.8. The molecule has 0 aromatic rings. The third-order valence-electron chi connectivity index (χ3n) is 12.2. The van der Waals surface area contributed by atoms with Gasteiger partial charge in [-0.3, -0.25) is 9.59 Å². The van der Waals surface area contributed by atoms with Crippen LogP contribution >= 0.6 is 0 Å². The zero-order valence-electron chi connectivity index (χ0n) is 45.9. The van der Waals surface area contributed by atoms with Gasteiger partial charge in [0.1, 0.15) is 13.2 Å². The molecule has 0 saturated carbocycles. The van der Waals surface area contributed by atoms with Crippen molar-refractivity contribution in [2.75, 3.05) is 47.5 Å². The summed E-state index contributed by atoms with van der Waals surface area (Å²) in [6, 6.07) is 0. The largest absolute Gasteiger partial charge is 0.477 e. The molecule has 0 aliphatic carbocycles. The van der Waals surface area contributed by atoms with E-state index in [-0.39, 0.29) is 32.2 Å². The molecule has 0 fully saturated rings. The second kappa shape index (κ2) is 52.1. The van der Waals surface area contributed by atoms with Crippen LogP contribution in [0.2, 0.25) is 0 Å². The number of rotatable bonds is 52. The molecule has 0 aromatic heterocycles. The Bertz CT molecular complexity index is 1380. The Hall–Kier alpha value is -3.27. The van der Waals surface area contributed by atoms with E-state index in [1.165, 1.54) is 135 Å². The highest BCUT2D eigenvalue weighted by atomic mass is 16.7. The van der Waals surface area contributed by atoms with Crippen molar-refractivity contribution in [1.29, 1.82) is 0 Å². The molecule has 70 heavy (non-hydrogen) atoms. The summed E-state index contributed by atoms with van der Waals surface area (Å²) in [6.07, 6.45) is 64.3. The van der Waals surface area contributed by atoms with Crippen molar-refractivity contribution in [2.24, 2.45) is 0 Å². The molecule has 0 rings (SSSR count). The van der Waals surface area contributed by atoms with Crippen molar-refractivity contribution in [3.05, 3.63) is 72.9 Å². The fourth-order valence-corrected chi connectivity index (χ4v) is 7.84. The highest BCUT2D eigenvalue weighted by molar-refractivity contribution is 5.71. The Morgan fingerprint density at radius 1 is 0.443 bits per heavy atom. The minimum atomic E-state index is -1.51. The molecule has 0 saturated heterocycles. The predicted molar refractivity (Wildman–Crippen MR) is 295 cm³/mol. The lowest BCUT2D eigenvalue weighted by Gasteiger charge is -2.25. The maximum absolute atomic E-state index is 12.8. The van der Waals surface area contributed by atoms with Crippen LogP contribution in [-0.4, -0.2) is 87.4 Å². The summed E-state index contributed by atoms with van der Waals surface area (Å²) < 4.78 is 22.8. The lowest BCUT2D eigenvalue weighted by atomic mass is 10.0. The average Bonchev–Trinajstić information content (AvgIpc) is 3.33. The summed E-state index contributed by atoms with van der Waals surface area (Å²) >= 11 is 0. The second-order valence-corrected chi connectivity index (χ2v) is 20.2. The van der Waals surface area contributed by atoms with Crippen molar-refractivity contribution in [3.63, 3.8) is 0 Å². The van der Waals surface area contributed by atoms with Crippen LogP contribution in [0.25, 0.3) is 0 Å². The summed E-state index contributed by atoms with van der Waals surface area (Å²) in [5, 5.41) is 9.67. The molecule has 0 aliphatic rings. The Morgan fingerprint density at radius 3 is 1.21 bits per heavy atom. The number of hydrogen-bond acceptors (Lipinski definition) is 7. The van der Waals surface area contributed by atoms with Crippen molar-refractivity contribution in [2.45, 2.75) is 251 Å². The minimum absolute atomic E-state index is 0.180. The van der Waals surface area contributed by atoms with Crippen molar-refractivity contribution >= 4 is 17.9 Å². The van der Waals surface area contributed by atoms with Gasteiger partial charge in [0.15, 0.2) is 6.10 Å². The summed E-state index contributed by atoms with van der Waals surface area (Å²) in [5.41, 5.74) is 0. The number of nitrogens with zero attached hydrogens (tertiary/aromatic N) is 1. The molecule has 2 atom stereocenters. The van der Waals surface area contributed by atoms with E-state index in [9.17, 15) is 19.5 Å². The average molecular weight is 984 g/mol. The molecule has 9 heteroatoms. The number of allylic oxidation sites excluding steroid dienone is 12. The quantitative estimate of drug-likeness (QED) is 0.0211. The van der Waals surface area contributed by atoms with Gasteiger partial charge >= 0.3 is 17.9 Å². The normalized spacial score (nSPS) is 13.3. The SMILES string of the molecule is CC/C=C\C/C=C\C/C=C\C/C=C\C/C=C\C/C=C\CCCCCCCCCCCCCCCCCCC(=O)OC(COC(=O)CCCCCCCCCCCC)COC(OCC[N+](C)(C)C)C(=O)O. The first-order valence-electron chi connectivity index (χ1n) is 28.6. The second-order valence-electron chi connectivity index (χ2n) is 20.2. The highest BCUT2D eigenvalue weighted by Gasteiger charge is 2.25. The van der Waals surface area contributed by atoms with Gasteiger partial charge in [-0.15, -0.1) is 0 Å². The van der Waals surface area contributed by atoms with Gasteiger partial charge in [0, 0.05) is 12.8 Å². The smallest absolute Gasteiger partial charge is 0.361 e. The van der Waals surface area contributed by atoms with Crippen LogP contribution in [0, 0.1) is 0 Å². The van der Waals surface area contributed by atoms with Crippen LogP contribution < -0.4 is 0 Å². The molecule has 1 N–H and O–H groups in total. The zero-order valence-corrected chi connectivity index (χ0v) is 45.9. The first-order chi connectivity index (χ1) is 34.1. The topological polar surface area (TPSA) is 108 Å². The molecule has 0 bridgehead atoms. The lowest BCUT2D eigenvalue weighted by Crippen LogP contribution is -2.40. The monoisotopic (exact) mass is 983 g/mol. The number of carboxylic acids is 1. The predicted octanol–water partition coefficient (Wildman–Crippen LogP) is 16.6. The Balaban J connectivity index is 4.04. The van der Waals surface area contributed by atoms with E-state index >= 15 is 0 Å². The Morgan fingerprint density at radius 2 is 0.814 bits per heavy atom. The zero-order chi connectivity index (χ0) is 51.3. The summed E-state index contributed by atoms with van der Waals surface area (Å²) in [4.78, 5) is 37.2. The van der Waals surface area contributed by atoms with Crippen LogP contribution in [0.1, 0.15) is 239 Å². The number of carboxylic acid groups (broad SMARTS) is 1. The molecular formula is C61H108NO8+. The van der Waals surface area contributed by atoms with Crippen LogP contribution in [0.4, 0.5) is 0 Å². The molecule has 0 aliphatic heterocycles. The van der Waals surface area contributed by atoms with Crippen molar-refractivity contribution < 1.29 is 42.9 Å². The van der Waals surface area contributed by atoms with E-state index in [1.54, 1.807) is 0 Å². The molecule has 0 heterocycles. The number of esters is 2. The highest BCUT2D eigenvalue weighted by Crippen LogP contribution is 2.16. The number of aliphatic carboxylic acids is 1. The van der Waals surface area contributed by atoms with Gasteiger partial charge in [0.05, 0.1) is 34.4 Å². The van der Waals surface area contributed by atoms with Crippen LogP contribution in [0.5, 0.6) is 0 Å². The van der Waals surface area contributed by atoms with Gasteiger partial charge < -0.3 is 28.5 Å². The fraction of sp³-hybridized carbons (Fsp3) is 0.754. The van der Waals surface area contributed by atoms with E-state index in [0.717, 1.165) is 77.0 Å². The van der Waals surface area contributed by atoms with Crippen molar-refractivity contribution in [3.8, 4) is 0 Å². The third-order valence-corrected chi connectivity index (χ3v) is 12.2. The van der Waals surface area contributed by atoms with Gasteiger partial charge in [0.25, 0.3) is 6.29 Å². The molecule has 0 amide bonds. The number of ether oxygens (including phenoxy) is 4. The Kier molecular flexibility index (Phi) is 49.6. The van der Waals surface area contributed by atoms with Crippen LogP contribution in [0.15, 0.2) is 72.9 Å². The number of hydrogen-bond donors (Lipinski definition) is 1. The Labute approximate surface area is 430 Å². The van der Waals surface area contributed by atoms with Crippen molar-refractivity contribution in [1.82, 2.24) is 0 Å². The van der Waals surface area contributed by atoms with Gasteiger partial charge in [0.2, 0.25) is 0 Å². The fourth-order valence-electron chi connectivity index (χ4n) is 7.84. The maximum Gasteiger partial charge on any atom is 0.361 e. The van der Waals surface area contributed by atoms with Crippen LogP contribution in [-0.2, 0) is 33.3 Å². The number of carbonyl (C=O) groups excluding carboxylic acids is 2. The third kappa shape index (κ3) is 52.6. The van der Waals surface area contributed by atoms with Gasteiger partial charge in [-0.1, -0.05) is 234 Å². The first-order valence-corrected chi connectivity index (χ1v) is 28.6. The van der Waals surface area contributed by atoms with Crippen LogP contribution in [0.3, 0.4) is 0 Å². The van der Waals surface area contributed by atoms with E-state index in [4.69, 9.17) is 18.9 Å². The first kappa shape index (κ1) is 66.7. The molecule has 0 aromatic carbocycles. The standard InChI is InChI=1S/C61H107NO8/c1-6-8-10-12-14-16-18-19-20-21-22-23-24-25-26-27-28-29-30-31-32-33-34-35-36-37-38-39-40-41-42-44-46-48-50-52-59(64)70-57(56-69-61(60(65)66)67-54-53-62(3,4)5)55-68-58(63)51-49-47-45-43-17-15-13-11-9-7-2/h8,10,14,16,19-20,22-23,25-26,28-29,57,61H,6-7,9,11-13,15,17-18,21,24,27,30-56H2,1-5H3/p+1/b10-8-,16-14-,20-19-,23-22-,26-25-,29-28-. The molecule has 9 nitrogen and oxygen atoms in total. The van der Waals surface area contributed by atoms with Gasteiger partial charge in [-0.05, 0) is 64.2 Å².